The highest BCUT2D eigenvalue weighted by Crippen LogP contribution is 2.33. The van der Waals surface area contributed by atoms with Gasteiger partial charge in [0, 0.05) is 12.1 Å². The minimum absolute atomic E-state index is 0.292. The van der Waals surface area contributed by atoms with E-state index in [0.29, 0.717) is 24.3 Å². The van der Waals surface area contributed by atoms with Gasteiger partial charge in [-0.1, -0.05) is 56.5 Å². The van der Waals surface area contributed by atoms with E-state index in [1.807, 2.05) is 0 Å². The summed E-state index contributed by atoms with van der Waals surface area (Å²) in [4.78, 5) is 0. The van der Waals surface area contributed by atoms with Crippen molar-refractivity contribution in [3.05, 3.63) is 35.9 Å². The van der Waals surface area contributed by atoms with Crippen LogP contribution in [0.4, 0.5) is 0 Å². The van der Waals surface area contributed by atoms with Crippen LogP contribution < -0.4 is 5.32 Å². The number of benzene rings is 1. The highest BCUT2D eigenvalue weighted by molar-refractivity contribution is 5.17. The van der Waals surface area contributed by atoms with E-state index in [0.717, 1.165) is 6.42 Å². The second kappa shape index (κ2) is 7.42. The van der Waals surface area contributed by atoms with Crippen molar-refractivity contribution in [1.82, 2.24) is 5.32 Å². The van der Waals surface area contributed by atoms with Gasteiger partial charge in [-0.05, 0) is 37.7 Å². The third kappa shape index (κ3) is 4.08. The molecule has 0 aliphatic carbocycles. The number of ether oxygens (including phenoxy) is 1. The van der Waals surface area contributed by atoms with Crippen molar-refractivity contribution in [2.24, 2.45) is 0 Å². The molecule has 0 spiro atoms. The summed E-state index contributed by atoms with van der Waals surface area (Å²) in [6, 6.07) is 12.2. The minimum atomic E-state index is 0.292. The molecule has 2 heterocycles. The lowest BCUT2D eigenvalue weighted by Crippen LogP contribution is -2.41. The van der Waals surface area contributed by atoms with Crippen molar-refractivity contribution < 1.29 is 4.74 Å². The van der Waals surface area contributed by atoms with E-state index < -0.39 is 0 Å². The Labute approximate surface area is 129 Å². The van der Waals surface area contributed by atoms with Crippen molar-refractivity contribution in [3.8, 4) is 0 Å². The maximum atomic E-state index is 6.56. The van der Waals surface area contributed by atoms with E-state index in [9.17, 15) is 0 Å². The molecular formula is C19H29NO. The Bertz CT molecular complexity index is 407. The number of unbranched alkanes of at least 4 members (excludes halogenated alkanes) is 2. The van der Waals surface area contributed by atoms with Crippen LogP contribution in [0.5, 0.6) is 0 Å². The van der Waals surface area contributed by atoms with Gasteiger partial charge in [0.1, 0.15) is 0 Å². The van der Waals surface area contributed by atoms with Gasteiger partial charge >= 0.3 is 0 Å². The maximum Gasteiger partial charge on any atom is 0.0828 e. The Kier molecular flexibility index (Phi) is 5.32. The quantitative estimate of drug-likeness (QED) is 0.740. The van der Waals surface area contributed by atoms with Crippen LogP contribution >= 0.6 is 0 Å². The lowest BCUT2D eigenvalue weighted by atomic mass is 9.99. The second-order valence-corrected chi connectivity index (χ2v) is 6.76. The fourth-order valence-electron chi connectivity index (χ4n) is 3.91. The zero-order chi connectivity index (χ0) is 14.5. The van der Waals surface area contributed by atoms with E-state index >= 15 is 0 Å². The molecule has 0 radical (unpaired) electrons. The van der Waals surface area contributed by atoms with Crippen molar-refractivity contribution >= 4 is 0 Å². The lowest BCUT2D eigenvalue weighted by Gasteiger charge is -2.32. The van der Waals surface area contributed by atoms with Crippen LogP contribution in [0, 0.1) is 0 Å². The highest BCUT2D eigenvalue weighted by atomic mass is 16.5. The first kappa shape index (κ1) is 15.1. The Morgan fingerprint density at radius 1 is 1.10 bits per heavy atom. The smallest absolute Gasteiger partial charge is 0.0828 e. The molecule has 1 N–H and O–H groups in total. The normalized spacial score (nSPS) is 29.5. The molecule has 2 saturated heterocycles. The first-order valence-electron chi connectivity index (χ1n) is 8.81. The predicted octanol–water partition coefficient (Wildman–Crippen LogP) is 4.61. The summed E-state index contributed by atoms with van der Waals surface area (Å²) in [5.74, 6) is 0. The number of piperidine rings is 1. The summed E-state index contributed by atoms with van der Waals surface area (Å²) >= 11 is 0. The molecule has 2 aliphatic heterocycles. The third-order valence-corrected chi connectivity index (χ3v) is 5.03. The number of fused-ring (bicyclic) bond motifs is 2. The molecule has 0 saturated carbocycles. The van der Waals surface area contributed by atoms with Crippen molar-refractivity contribution in [2.75, 3.05) is 0 Å². The van der Waals surface area contributed by atoms with Gasteiger partial charge in [-0.15, -0.1) is 0 Å². The SMILES string of the molecule is CCCCCC(OC1C[C@H]2CC[C@@H](C1)N2)c1ccccc1. The van der Waals surface area contributed by atoms with Gasteiger partial charge in [-0.25, -0.2) is 0 Å². The summed E-state index contributed by atoms with van der Waals surface area (Å²) < 4.78 is 6.56. The zero-order valence-corrected chi connectivity index (χ0v) is 13.3. The van der Waals surface area contributed by atoms with Crippen molar-refractivity contribution in [1.29, 1.82) is 0 Å². The molecule has 1 aromatic rings. The molecular weight excluding hydrogens is 258 g/mol. The number of hydrogen-bond donors (Lipinski definition) is 1. The molecule has 3 rings (SSSR count). The fourth-order valence-corrected chi connectivity index (χ4v) is 3.91. The van der Waals surface area contributed by atoms with Crippen molar-refractivity contribution in [3.63, 3.8) is 0 Å². The predicted molar refractivity (Wildman–Crippen MR) is 87.4 cm³/mol. The Hall–Kier alpha value is -0.860. The molecule has 2 aliphatic rings. The van der Waals surface area contributed by atoms with E-state index in [1.165, 1.54) is 50.5 Å². The average molecular weight is 287 g/mol. The topological polar surface area (TPSA) is 21.3 Å². The molecule has 4 atom stereocenters. The van der Waals surface area contributed by atoms with Crippen LogP contribution in [-0.2, 0) is 4.74 Å². The maximum absolute atomic E-state index is 6.56. The molecule has 116 valence electrons. The molecule has 0 amide bonds. The van der Waals surface area contributed by atoms with E-state index in [-0.39, 0.29) is 0 Å². The Morgan fingerprint density at radius 2 is 1.81 bits per heavy atom. The number of rotatable bonds is 7. The molecule has 2 unspecified atom stereocenters. The Morgan fingerprint density at radius 3 is 2.48 bits per heavy atom. The zero-order valence-electron chi connectivity index (χ0n) is 13.3. The largest absolute Gasteiger partial charge is 0.370 e. The van der Waals surface area contributed by atoms with Crippen LogP contribution in [0.2, 0.25) is 0 Å². The summed E-state index contributed by atoms with van der Waals surface area (Å²) in [5.41, 5.74) is 1.36. The van der Waals surface area contributed by atoms with E-state index in [4.69, 9.17) is 4.74 Å². The first-order chi connectivity index (χ1) is 10.3. The minimum Gasteiger partial charge on any atom is -0.370 e. The molecule has 2 fully saturated rings. The van der Waals surface area contributed by atoms with Gasteiger partial charge in [-0.3, -0.25) is 0 Å². The molecule has 2 heteroatoms. The van der Waals surface area contributed by atoms with Gasteiger partial charge in [0.15, 0.2) is 0 Å². The van der Waals surface area contributed by atoms with Gasteiger partial charge in [0.25, 0.3) is 0 Å². The molecule has 21 heavy (non-hydrogen) atoms. The molecule has 0 aromatic heterocycles. The third-order valence-electron chi connectivity index (χ3n) is 5.03. The van der Waals surface area contributed by atoms with E-state index in [2.05, 4.69) is 42.6 Å². The van der Waals surface area contributed by atoms with Crippen LogP contribution in [0.25, 0.3) is 0 Å². The summed E-state index contributed by atoms with van der Waals surface area (Å²) in [6.07, 6.45) is 10.9. The van der Waals surface area contributed by atoms with Gasteiger partial charge in [-0.2, -0.15) is 0 Å². The van der Waals surface area contributed by atoms with Gasteiger partial charge < -0.3 is 10.1 Å². The van der Waals surface area contributed by atoms with Crippen LogP contribution in [0.15, 0.2) is 30.3 Å². The second-order valence-electron chi connectivity index (χ2n) is 6.76. The molecule has 1 aromatic carbocycles. The van der Waals surface area contributed by atoms with Crippen LogP contribution in [0.3, 0.4) is 0 Å². The fraction of sp³-hybridized carbons (Fsp3) is 0.684. The van der Waals surface area contributed by atoms with Gasteiger partial charge in [0.2, 0.25) is 0 Å². The van der Waals surface area contributed by atoms with E-state index in [1.54, 1.807) is 0 Å². The number of hydrogen-bond acceptors (Lipinski definition) is 2. The first-order valence-corrected chi connectivity index (χ1v) is 8.81. The standard InChI is InChI=1S/C19H29NO/c1-2-3-5-10-19(15-8-6-4-7-9-15)21-18-13-16-11-12-17(14-18)20-16/h4,6-9,16-20H,2-3,5,10-14H2,1H3/t16-,17+,18?,19?. The highest BCUT2D eigenvalue weighted by Gasteiger charge is 2.35. The van der Waals surface area contributed by atoms with Crippen LogP contribution in [-0.4, -0.2) is 18.2 Å². The van der Waals surface area contributed by atoms with Crippen molar-refractivity contribution in [2.45, 2.75) is 82.6 Å². The summed E-state index contributed by atoms with van der Waals surface area (Å²) in [5, 5.41) is 3.71. The van der Waals surface area contributed by atoms with Crippen LogP contribution in [0.1, 0.15) is 70.0 Å². The monoisotopic (exact) mass is 287 g/mol. The Balaban J connectivity index is 1.61. The summed E-state index contributed by atoms with van der Waals surface area (Å²) in [7, 11) is 0. The lowest BCUT2D eigenvalue weighted by molar-refractivity contribution is -0.0414. The van der Waals surface area contributed by atoms with Gasteiger partial charge in [0.05, 0.1) is 12.2 Å². The summed E-state index contributed by atoms with van der Waals surface area (Å²) in [6.45, 7) is 2.27. The molecule has 2 bridgehead atoms. The molecule has 2 nitrogen and oxygen atoms in total. The number of nitrogens with one attached hydrogen (secondary N) is 1. The average Bonchev–Trinajstić information content (AvgIpc) is 2.86.